The van der Waals surface area contributed by atoms with Gasteiger partial charge in [0.2, 0.25) is 0 Å². The summed E-state index contributed by atoms with van der Waals surface area (Å²) in [6.07, 6.45) is -3.59. The first-order valence-electron chi connectivity index (χ1n) is 7.09. The minimum Gasteiger partial charge on any atom is -0.314 e. The van der Waals surface area contributed by atoms with Crippen LogP contribution in [-0.2, 0) is 12.6 Å². The van der Waals surface area contributed by atoms with E-state index in [1.807, 2.05) is 0 Å². The van der Waals surface area contributed by atoms with Gasteiger partial charge in [-0.25, -0.2) is 0 Å². The molecule has 0 aliphatic heterocycles. The lowest BCUT2D eigenvalue weighted by Gasteiger charge is -2.22. The Labute approximate surface area is 119 Å². The first-order chi connectivity index (χ1) is 9.20. The highest BCUT2D eigenvalue weighted by atomic mass is 19.4. The van der Waals surface area contributed by atoms with Crippen molar-refractivity contribution in [1.29, 1.82) is 0 Å². The van der Waals surface area contributed by atoms with E-state index < -0.39 is 11.7 Å². The molecule has 0 aliphatic rings. The summed E-state index contributed by atoms with van der Waals surface area (Å²) in [5.74, 6) is 0.761. The SMILES string of the molecule is CC(C)NCC(C)C(C)Cc1cccc(C(F)(F)F)c1. The van der Waals surface area contributed by atoms with Crippen LogP contribution in [0.3, 0.4) is 0 Å². The molecule has 0 fully saturated rings. The predicted octanol–water partition coefficient (Wildman–Crippen LogP) is 4.52. The molecule has 0 saturated carbocycles. The molecule has 1 rings (SSSR count). The number of rotatable bonds is 6. The van der Waals surface area contributed by atoms with E-state index >= 15 is 0 Å². The van der Waals surface area contributed by atoms with Gasteiger partial charge in [-0.1, -0.05) is 45.9 Å². The first-order valence-corrected chi connectivity index (χ1v) is 7.09. The quantitative estimate of drug-likeness (QED) is 0.811. The molecule has 114 valence electrons. The number of hydrogen-bond donors (Lipinski definition) is 1. The third kappa shape index (κ3) is 5.53. The van der Waals surface area contributed by atoms with Crippen molar-refractivity contribution in [2.45, 2.75) is 46.3 Å². The summed E-state index contributed by atoms with van der Waals surface area (Å²) >= 11 is 0. The molecule has 0 saturated heterocycles. The van der Waals surface area contributed by atoms with E-state index in [0.29, 0.717) is 24.3 Å². The molecule has 1 aromatic rings. The van der Waals surface area contributed by atoms with Crippen LogP contribution in [0.2, 0.25) is 0 Å². The predicted molar refractivity (Wildman–Crippen MR) is 76.6 cm³/mol. The molecule has 1 N–H and O–H groups in total. The fourth-order valence-electron chi connectivity index (χ4n) is 2.07. The summed E-state index contributed by atoms with van der Waals surface area (Å²) in [4.78, 5) is 0. The van der Waals surface area contributed by atoms with Crippen molar-refractivity contribution in [3.63, 3.8) is 0 Å². The zero-order valence-electron chi connectivity index (χ0n) is 12.6. The zero-order chi connectivity index (χ0) is 15.3. The summed E-state index contributed by atoms with van der Waals surface area (Å²) < 4.78 is 38.0. The van der Waals surface area contributed by atoms with Gasteiger partial charge in [0.1, 0.15) is 0 Å². The van der Waals surface area contributed by atoms with E-state index in [0.717, 1.165) is 18.2 Å². The average molecular weight is 287 g/mol. The van der Waals surface area contributed by atoms with E-state index in [4.69, 9.17) is 0 Å². The van der Waals surface area contributed by atoms with Gasteiger partial charge in [-0.3, -0.25) is 0 Å². The minimum absolute atomic E-state index is 0.338. The van der Waals surface area contributed by atoms with Crippen LogP contribution >= 0.6 is 0 Å². The van der Waals surface area contributed by atoms with Gasteiger partial charge in [0.15, 0.2) is 0 Å². The van der Waals surface area contributed by atoms with Gasteiger partial charge in [-0.15, -0.1) is 0 Å². The number of halogens is 3. The van der Waals surface area contributed by atoms with E-state index in [9.17, 15) is 13.2 Å². The smallest absolute Gasteiger partial charge is 0.314 e. The molecular formula is C16H24F3N. The average Bonchev–Trinajstić information content (AvgIpc) is 2.35. The summed E-state index contributed by atoms with van der Waals surface area (Å²) in [5.41, 5.74) is 0.193. The number of nitrogens with one attached hydrogen (secondary N) is 1. The molecule has 0 bridgehead atoms. The van der Waals surface area contributed by atoms with Gasteiger partial charge >= 0.3 is 6.18 Å². The van der Waals surface area contributed by atoms with Gasteiger partial charge < -0.3 is 5.32 Å². The fraction of sp³-hybridized carbons (Fsp3) is 0.625. The van der Waals surface area contributed by atoms with Gasteiger partial charge in [0.05, 0.1) is 5.56 Å². The molecule has 2 unspecified atom stereocenters. The minimum atomic E-state index is -4.26. The van der Waals surface area contributed by atoms with E-state index in [1.165, 1.54) is 12.1 Å². The van der Waals surface area contributed by atoms with E-state index in [1.54, 1.807) is 6.07 Å². The van der Waals surface area contributed by atoms with Crippen molar-refractivity contribution in [2.24, 2.45) is 11.8 Å². The Morgan fingerprint density at radius 2 is 1.70 bits per heavy atom. The van der Waals surface area contributed by atoms with Crippen molar-refractivity contribution in [3.05, 3.63) is 35.4 Å². The molecule has 1 aromatic carbocycles. The number of alkyl halides is 3. The molecule has 20 heavy (non-hydrogen) atoms. The molecular weight excluding hydrogens is 263 g/mol. The van der Waals surface area contributed by atoms with Crippen LogP contribution in [-0.4, -0.2) is 12.6 Å². The third-order valence-corrected chi connectivity index (χ3v) is 3.63. The summed E-state index contributed by atoms with van der Waals surface area (Å²) in [5, 5.41) is 3.37. The van der Waals surface area contributed by atoms with E-state index in [2.05, 4.69) is 33.0 Å². The molecule has 0 heterocycles. The van der Waals surface area contributed by atoms with Gasteiger partial charge in [-0.2, -0.15) is 13.2 Å². The second kappa shape index (κ2) is 7.11. The Morgan fingerprint density at radius 1 is 1.05 bits per heavy atom. The van der Waals surface area contributed by atoms with Crippen molar-refractivity contribution in [2.75, 3.05) is 6.54 Å². The second-order valence-electron chi connectivity index (χ2n) is 5.92. The van der Waals surface area contributed by atoms with Gasteiger partial charge in [0.25, 0.3) is 0 Å². The standard InChI is InChI=1S/C16H24F3N/c1-11(2)20-10-13(4)12(3)8-14-6-5-7-15(9-14)16(17,18)19/h5-7,9,11-13,20H,8,10H2,1-4H3. The maximum Gasteiger partial charge on any atom is 0.416 e. The Balaban J connectivity index is 2.64. The zero-order valence-corrected chi connectivity index (χ0v) is 12.6. The molecule has 0 spiro atoms. The number of hydrogen-bond acceptors (Lipinski definition) is 1. The van der Waals surface area contributed by atoms with Crippen LogP contribution in [0, 0.1) is 11.8 Å². The van der Waals surface area contributed by atoms with Crippen LogP contribution in [0.5, 0.6) is 0 Å². The molecule has 0 aliphatic carbocycles. The lowest BCUT2D eigenvalue weighted by Crippen LogP contribution is -2.31. The highest BCUT2D eigenvalue weighted by Gasteiger charge is 2.30. The van der Waals surface area contributed by atoms with Crippen LogP contribution in [0.4, 0.5) is 13.2 Å². The lowest BCUT2D eigenvalue weighted by molar-refractivity contribution is -0.137. The monoisotopic (exact) mass is 287 g/mol. The number of benzene rings is 1. The summed E-state index contributed by atoms with van der Waals surface area (Å²) in [7, 11) is 0. The van der Waals surface area contributed by atoms with Crippen molar-refractivity contribution in [3.8, 4) is 0 Å². The Hall–Kier alpha value is -1.03. The second-order valence-corrected chi connectivity index (χ2v) is 5.92. The first kappa shape index (κ1) is 17.0. The highest BCUT2D eigenvalue weighted by molar-refractivity contribution is 5.26. The molecule has 0 radical (unpaired) electrons. The van der Waals surface area contributed by atoms with Crippen molar-refractivity contribution >= 4 is 0 Å². The van der Waals surface area contributed by atoms with Crippen LogP contribution in [0.15, 0.2) is 24.3 Å². The van der Waals surface area contributed by atoms with Crippen molar-refractivity contribution in [1.82, 2.24) is 5.32 Å². The molecule has 2 atom stereocenters. The molecule has 0 amide bonds. The fourth-order valence-corrected chi connectivity index (χ4v) is 2.07. The van der Waals surface area contributed by atoms with Crippen LogP contribution < -0.4 is 5.32 Å². The molecule has 0 aromatic heterocycles. The maximum atomic E-state index is 12.7. The maximum absolute atomic E-state index is 12.7. The summed E-state index contributed by atoms with van der Waals surface area (Å²) in [6, 6.07) is 6.07. The van der Waals surface area contributed by atoms with Gasteiger partial charge in [-0.05, 0) is 36.4 Å². The van der Waals surface area contributed by atoms with Crippen LogP contribution in [0.25, 0.3) is 0 Å². The van der Waals surface area contributed by atoms with Crippen molar-refractivity contribution < 1.29 is 13.2 Å². The van der Waals surface area contributed by atoms with E-state index in [-0.39, 0.29) is 0 Å². The lowest BCUT2D eigenvalue weighted by atomic mass is 9.89. The Bertz CT molecular complexity index is 412. The highest BCUT2D eigenvalue weighted by Crippen LogP contribution is 2.30. The molecule has 1 nitrogen and oxygen atoms in total. The van der Waals surface area contributed by atoms with Crippen LogP contribution in [0.1, 0.15) is 38.8 Å². The normalized spacial score (nSPS) is 15.4. The molecule has 4 heteroatoms. The Morgan fingerprint density at radius 3 is 2.25 bits per heavy atom. The van der Waals surface area contributed by atoms with Gasteiger partial charge in [0, 0.05) is 6.04 Å². The largest absolute Gasteiger partial charge is 0.416 e. The Kier molecular flexibility index (Phi) is 6.06. The topological polar surface area (TPSA) is 12.0 Å². The third-order valence-electron chi connectivity index (χ3n) is 3.63. The summed E-state index contributed by atoms with van der Waals surface area (Å²) in [6.45, 7) is 9.28.